The molecule has 0 unspecified atom stereocenters. The van der Waals surface area contributed by atoms with E-state index in [9.17, 15) is 14.0 Å². The zero-order valence-corrected chi connectivity index (χ0v) is 22.3. The second-order valence-corrected chi connectivity index (χ2v) is 8.63. The van der Waals surface area contributed by atoms with Gasteiger partial charge in [0.2, 0.25) is 5.91 Å². The largest absolute Gasteiger partial charge is 0.460 e. The van der Waals surface area contributed by atoms with Crippen LogP contribution in [-0.2, 0) is 9.53 Å². The van der Waals surface area contributed by atoms with Crippen LogP contribution in [0.5, 0.6) is 0 Å². The lowest BCUT2D eigenvalue weighted by Gasteiger charge is -2.06. The van der Waals surface area contributed by atoms with E-state index >= 15 is 0 Å². The molecule has 0 aromatic heterocycles. The lowest BCUT2D eigenvalue weighted by atomic mass is 10.1. The Morgan fingerprint density at radius 2 is 1.43 bits per heavy atom. The average Bonchev–Trinajstić information content (AvgIpc) is 2.89. The molecule has 4 nitrogen and oxygen atoms in total. The standard InChI is InChI=1S/C32H42FNO3/c1-3-4-5-6-7-8-9-10-11-12-13-14-15-16-17-18-19-20-21-22-31(35)34-25-26-37-32(36)29-23-24-30(33)28(2)27-29/h11-24,27H,3-10,25-26H2,1-2H3,(H,34,35). The van der Waals surface area contributed by atoms with E-state index in [1.165, 1.54) is 69.2 Å². The minimum Gasteiger partial charge on any atom is -0.460 e. The summed E-state index contributed by atoms with van der Waals surface area (Å²) in [5, 5.41) is 2.63. The van der Waals surface area contributed by atoms with E-state index in [0.717, 1.165) is 6.42 Å². The molecule has 0 saturated carbocycles. The number of rotatable bonds is 18. The van der Waals surface area contributed by atoms with Gasteiger partial charge in [-0.15, -0.1) is 0 Å². The number of benzene rings is 1. The van der Waals surface area contributed by atoms with Crippen LogP contribution >= 0.6 is 0 Å². The van der Waals surface area contributed by atoms with Crippen molar-refractivity contribution in [3.63, 3.8) is 0 Å². The van der Waals surface area contributed by atoms with Gasteiger partial charge in [-0.2, -0.15) is 0 Å². The van der Waals surface area contributed by atoms with E-state index in [1.807, 2.05) is 42.5 Å². The summed E-state index contributed by atoms with van der Waals surface area (Å²) in [6.07, 6.45) is 33.2. The highest BCUT2D eigenvalue weighted by atomic mass is 19.1. The monoisotopic (exact) mass is 507 g/mol. The fourth-order valence-electron chi connectivity index (χ4n) is 3.28. The fraction of sp³-hybridized carbons (Fsp3) is 0.375. The molecule has 1 N–H and O–H groups in total. The Hall–Kier alpha value is -3.47. The number of ether oxygens (including phenoxy) is 1. The normalized spacial score (nSPS) is 12.3. The van der Waals surface area contributed by atoms with Crippen molar-refractivity contribution in [2.24, 2.45) is 0 Å². The first-order valence-electron chi connectivity index (χ1n) is 13.3. The first kappa shape index (κ1) is 31.6. The van der Waals surface area contributed by atoms with Gasteiger partial charge in [-0.1, -0.05) is 112 Å². The molecule has 0 aliphatic carbocycles. The Morgan fingerprint density at radius 1 is 0.838 bits per heavy atom. The van der Waals surface area contributed by atoms with E-state index in [1.54, 1.807) is 19.1 Å². The summed E-state index contributed by atoms with van der Waals surface area (Å²) < 4.78 is 18.3. The number of carbonyl (C=O) groups is 2. The molecule has 0 radical (unpaired) electrons. The zero-order chi connectivity index (χ0) is 27.0. The van der Waals surface area contributed by atoms with Crippen molar-refractivity contribution in [1.29, 1.82) is 0 Å². The molecule has 0 saturated heterocycles. The average molecular weight is 508 g/mol. The van der Waals surface area contributed by atoms with Crippen LogP contribution in [0.15, 0.2) is 91.1 Å². The zero-order valence-electron chi connectivity index (χ0n) is 22.3. The van der Waals surface area contributed by atoms with Crippen molar-refractivity contribution >= 4 is 11.9 Å². The summed E-state index contributed by atoms with van der Waals surface area (Å²) >= 11 is 0. The number of esters is 1. The maximum absolute atomic E-state index is 13.3. The third-order valence-electron chi connectivity index (χ3n) is 5.39. The number of carbonyl (C=O) groups excluding carboxylic acids is 2. The van der Waals surface area contributed by atoms with Crippen molar-refractivity contribution in [3.8, 4) is 0 Å². The molecular weight excluding hydrogens is 465 g/mol. The number of hydrogen-bond acceptors (Lipinski definition) is 3. The van der Waals surface area contributed by atoms with Crippen LogP contribution in [0, 0.1) is 12.7 Å². The van der Waals surface area contributed by atoms with Crippen LogP contribution in [0.4, 0.5) is 4.39 Å². The number of unbranched alkanes of at least 4 members (excludes halogenated alkanes) is 7. The van der Waals surface area contributed by atoms with E-state index < -0.39 is 5.97 Å². The lowest BCUT2D eigenvalue weighted by Crippen LogP contribution is -2.26. The smallest absolute Gasteiger partial charge is 0.338 e. The van der Waals surface area contributed by atoms with Crippen LogP contribution in [0.25, 0.3) is 0 Å². The molecule has 0 aliphatic rings. The maximum Gasteiger partial charge on any atom is 0.338 e. The second-order valence-electron chi connectivity index (χ2n) is 8.63. The molecule has 0 fully saturated rings. The molecule has 1 aromatic rings. The summed E-state index contributed by atoms with van der Waals surface area (Å²) in [7, 11) is 0. The van der Waals surface area contributed by atoms with Gasteiger partial charge in [-0.25, -0.2) is 9.18 Å². The minimum absolute atomic E-state index is 0.0309. The van der Waals surface area contributed by atoms with Crippen LogP contribution in [-0.4, -0.2) is 25.0 Å². The third kappa shape index (κ3) is 17.6. The summed E-state index contributed by atoms with van der Waals surface area (Å²) in [4.78, 5) is 23.7. The topological polar surface area (TPSA) is 55.4 Å². The van der Waals surface area contributed by atoms with Gasteiger partial charge in [0.15, 0.2) is 0 Å². The van der Waals surface area contributed by atoms with Gasteiger partial charge < -0.3 is 10.1 Å². The summed E-state index contributed by atoms with van der Waals surface area (Å²) in [5.41, 5.74) is 0.653. The molecule has 1 aromatic carbocycles. The summed E-state index contributed by atoms with van der Waals surface area (Å²) in [6.45, 7) is 4.04. The number of hydrogen-bond donors (Lipinski definition) is 1. The molecule has 0 bridgehead atoms. The van der Waals surface area contributed by atoms with Gasteiger partial charge in [0.1, 0.15) is 12.4 Å². The van der Waals surface area contributed by atoms with Gasteiger partial charge in [-0.05, 0) is 43.5 Å². The number of aryl methyl sites for hydroxylation is 1. The van der Waals surface area contributed by atoms with E-state index in [4.69, 9.17) is 4.74 Å². The van der Waals surface area contributed by atoms with Crippen molar-refractivity contribution in [1.82, 2.24) is 5.32 Å². The molecule has 0 spiro atoms. The van der Waals surface area contributed by atoms with Crippen LogP contribution in [0.2, 0.25) is 0 Å². The SMILES string of the molecule is CCCCCCCCCC=CC=CC=CC=CC=CC=CC(=O)NCCOC(=O)c1ccc(F)c(C)c1. The highest BCUT2D eigenvalue weighted by Gasteiger charge is 2.09. The van der Waals surface area contributed by atoms with Crippen LogP contribution in [0.1, 0.15) is 74.2 Å². The Kier molecular flexibility index (Phi) is 18.6. The summed E-state index contributed by atoms with van der Waals surface area (Å²) in [6, 6.07) is 4.03. The van der Waals surface area contributed by atoms with Gasteiger partial charge in [0.05, 0.1) is 12.1 Å². The molecule has 0 atom stereocenters. The third-order valence-corrected chi connectivity index (χ3v) is 5.39. The van der Waals surface area contributed by atoms with E-state index in [0.29, 0.717) is 5.56 Å². The fourth-order valence-corrected chi connectivity index (χ4v) is 3.28. The molecule has 1 rings (SSSR count). The van der Waals surface area contributed by atoms with E-state index in [2.05, 4.69) is 24.4 Å². The molecule has 5 heteroatoms. The highest BCUT2D eigenvalue weighted by molar-refractivity contribution is 5.90. The van der Waals surface area contributed by atoms with Gasteiger partial charge in [0.25, 0.3) is 0 Å². The van der Waals surface area contributed by atoms with Crippen molar-refractivity contribution in [2.45, 2.75) is 65.2 Å². The molecular formula is C32H42FNO3. The molecule has 0 aliphatic heterocycles. The predicted molar refractivity (Wildman–Crippen MR) is 152 cm³/mol. The Labute approximate surface area is 222 Å². The number of halogens is 1. The highest BCUT2D eigenvalue weighted by Crippen LogP contribution is 2.10. The van der Waals surface area contributed by atoms with Crippen molar-refractivity contribution in [2.75, 3.05) is 13.2 Å². The van der Waals surface area contributed by atoms with Crippen molar-refractivity contribution in [3.05, 3.63) is 108 Å². The molecule has 1 amide bonds. The van der Waals surface area contributed by atoms with Gasteiger partial charge >= 0.3 is 5.97 Å². The quantitative estimate of drug-likeness (QED) is 0.0951. The van der Waals surface area contributed by atoms with Crippen LogP contribution < -0.4 is 5.32 Å². The Bertz CT molecular complexity index is 970. The molecule has 37 heavy (non-hydrogen) atoms. The first-order chi connectivity index (χ1) is 18.0. The number of amides is 1. The van der Waals surface area contributed by atoms with Crippen LogP contribution in [0.3, 0.4) is 0 Å². The molecule has 200 valence electrons. The maximum atomic E-state index is 13.3. The summed E-state index contributed by atoms with van der Waals surface area (Å²) in [5.74, 6) is -1.21. The minimum atomic E-state index is -0.553. The van der Waals surface area contributed by atoms with Gasteiger partial charge in [0, 0.05) is 6.08 Å². The number of nitrogens with one attached hydrogen (secondary N) is 1. The second kappa shape index (κ2) is 21.8. The van der Waals surface area contributed by atoms with E-state index in [-0.39, 0.29) is 30.4 Å². The molecule has 0 heterocycles. The lowest BCUT2D eigenvalue weighted by molar-refractivity contribution is -0.116. The number of allylic oxidation sites excluding steroid dienone is 11. The first-order valence-corrected chi connectivity index (χ1v) is 13.3. The Morgan fingerprint density at radius 3 is 2.08 bits per heavy atom. The van der Waals surface area contributed by atoms with Gasteiger partial charge in [-0.3, -0.25) is 4.79 Å². The Balaban J connectivity index is 2.09. The van der Waals surface area contributed by atoms with Crippen molar-refractivity contribution < 1.29 is 18.7 Å². The predicted octanol–water partition coefficient (Wildman–Crippen LogP) is 7.89.